The van der Waals surface area contributed by atoms with E-state index in [1.54, 1.807) is 17.7 Å². The molecule has 0 radical (unpaired) electrons. The summed E-state index contributed by atoms with van der Waals surface area (Å²) in [7, 11) is 0. The van der Waals surface area contributed by atoms with Gasteiger partial charge in [0.1, 0.15) is 29.9 Å². The van der Waals surface area contributed by atoms with E-state index in [0.717, 1.165) is 42.2 Å². The molecule has 2 aliphatic rings. The van der Waals surface area contributed by atoms with Crippen molar-refractivity contribution in [3.05, 3.63) is 53.2 Å². The van der Waals surface area contributed by atoms with E-state index in [1.165, 1.54) is 18.2 Å². The zero-order chi connectivity index (χ0) is 19.8. The quantitative estimate of drug-likeness (QED) is 0.655. The van der Waals surface area contributed by atoms with Gasteiger partial charge < -0.3 is 9.74 Å². The number of rotatable bonds is 4. The van der Waals surface area contributed by atoms with Crippen LogP contribution in [0.3, 0.4) is 0 Å². The Kier molecular flexibility index (Phi) is 4.84. The maximum atomic E-state index is 14.0. The lowest BCUT2D eigenvalue weighted by molar-refractivity contribution is 0.0510. The fraction of sp³-hybridized carbons (Fsp3) is 0.350. The van der Waals surface area contributed by atoms with Crippen molar-refractivity contribution < 1.29 is 13.6 Å². The van der Waals surface area contributed by atoms with Crippen LogP contribution in [0.5, 0.6) is 0 Å². The second-order valence-electron chi connectivity index (χ2n) is 7.19. The molecular weight excluding hydrogens is 396 g/mol. The van der Waals surface area contributed by atoms with E-state index in [2.05, 4.69) is 24.9 Å². The van der Waals surface area contributed by atoms with Crippen molar-refractivity contribution in [1.82, 2.24) is 14.9 Å². The highest BCUT2D eigenvalue weighted by Crippen LogP contribution is 2.29. The number of hydrogen-bond donors (Lipinski definition) is 0. The Hall–Kier alpha value is -2.65. The van der Waals surface area contributed by atoms with Gasteiger partial charge in [-0.1, -0.05) is 11.2 Å². The van der Waals surface area contributed by atoms with E-state index < -0.39 is 11.6 Å². The lowest BCUT2D eigenvalue weighted by Gasteiger charge is -2.36. The summed E-state index contributed by atoms with van der Waals surface area (Å²) in [6.07, 6.45) is 1.82. The molecule has 0 saturated carbocycles. The molecule has 1 unspecified atom stereocenters. The highest BCUT2D eigenvalue weighted by atomic mass is 32.1. The second-order valence-corrected chi connectivity index (χ2v) is 8.10. The van der Waals surface area contributed by atoms with Crippen molar-refractivity contribution in [3.63, 3.8) is 0 Å². The van der Waals surface area contributed by atoms with Crippen LogP contribution in [-0.2, 0) is 4.84 Å². The summed E-state index contributed by atoms with van der Waals surface area (Å²) in [4.78, 5) is 18.8. The van der Waals surface area contributed by atoms with E-state index in [-0.39, 0.29) is 11.7 Å². The van der Waals surface area contributed by atoms with Crippen molar-refractivity contribution in [2.45, 2.75) is 12.5 Å². The highest BCUT2D eigenvalue weighted by Gasteiger charge is 2.29. The van der Waals surface area contributed by atoms with E-state index in [1.807, 2.05) is 11.4 Å². The summed E-state index contributed by atoms with van der Waals surface area (Å²) in [5.41, 5.74) is 1.24. The summed E-state index contributed by atoms with van der Waals surface area (Å²) in [6, 6.07) is 5.84. The third-order valence-corrected chi connectivity index (χ3v) is 6.24. The molecule has 150 valence electrons. The molecule has 4 heterocycles. The van der Waals surface area contributed by atoms with Crippen LogP contribution >= 0.6 is 11.3 Å². The lowest BCUT2D eigenvalue weighted by Crippen LogP contribution is -2.48. The van der Waals surface area contributed by atoms with E-state index in [4.69, 9.17) is 4.84 Å². The van der Waals surface area contributed by atoms with Gasteiger partial charge in [-0.05, 0) is 23.6 Å². The first-order valence-electron chi connectivity index (χ1n) is 9.51. The number of hydrogen-bond acceptors (Lipinski definition) is 7. The number of thiophene rings is 1. The minimum atomic E-state index is -0.605. The molecular formula is C20H19F2N5OS. The number of piperazine rings is 1. The van der Waals surface area contributed by atoms with Crippen LogP contribution in [0.1, 0.15) is 12.0 Å². The highest BCUT2D eigenvalue weighted by molar-refractivity contribution is 7.17. The molecule has 0 spiro atoms. The van der Waals surface area contributed by atoms with Crippen molar-refractivity contribution in [1.29, 1.82) is 0 Å². The number of fused-ring (bicyclic) bond motifs is 1. The fourth-order valence-corrected chi connectivity index (χ4v) is 4.74. The van der Waals surface area contributed by atoms with Gasteiger partial charge in [-0.25, -0.2) is 18.7 Å². The van der Waals surface area contributed by atoms with Crippen molar-refractivity contribution in [3.8, 4) is 0 Å². The monoisotopic (exact) mass is 415 g/mol. The first kappa shape index (κ1) is 18.4. The number of aromatic nitrogens is 2. The maximum absolute atomic E-state index is 14.0. The van der Waals surface area contributed by atoms with Crippen molar-refractivity contribution >= 4 is 33.1 Å². The Balaban J connectivity index is 1.19. The van der Waals surface area contributed by atoms with E-state index >= 15 is 0 Å². The zero-order valence-electron chi connectivity index (χ0n) is 15.6. The molecule has 9 heteroatoms. The summed E-state index contributed by atoms with van der Waals surface area (Å²) < 4.78 is 29.1. The van der Waals surface area contributed by atoms with Crippen LogP contribution in [0.4, 0.5) is 14.6 Å². The van der Waals surface area contributed by atoms with Gasteiger partial charge in [-0.3, -0.25) is 4.90 Å². The molecule has 0 bridgehead atoms. The number of benzene rings is 1. The number of anilines is 1. The predicted octanol–water partition coefficient (Wildman–Crippen LogP) is 3.28. The molecule has 1 atom stereocenters. The van der Waals surface area contributed by atoms with Gasteiger partial charge in [0.2, 0.25) is 0 Å². The lowest BCUT2D eigenvalue weighted by atomic mass is 10.0. The standard InChI is InChI=1S/C20H19F2N5OS/c21-14-2-1-3-15(22)18(14)17-10-13(28-25-17)11-26-5-7-27(8-6-26)20-19-16(4-9-29-19)23-12-24-20/h1-4,9,12-13H,5-8,10-11H2. The summed E-state index contributed by atoms with van der Waals surface area (Å²) in [5, 5.41) is 5.98. The maximum Gasteiger partial charge on any atom is 0.150 e. The molecule has 2 aromatic heterocycles. The van der Waals surface area contributed by atoms with Crippen LogP contribution in [-0.4, -0.2) is 59.4 Å². The van der Waals surface area contributed by atoms with Crippen LogP contribution in [0, 0.1) is 11.6 Å². The second kappa shape index (κ2) is 7.64. The molecule has 6 nitrogen and oxygen atoms in total. The Morgan fingerprint density at radius 2 is 1.86 bits per heavy atom. The molecule has 0 N–H and O–H groups in total. The molecule has 0 aliphatic carbocycles. The van der Waals surface area contributed by atoms with E-state index in [9.17, 15) is 8.78 Å². The van der Waals surface area contributed by atoms with E-state index in [0.29, 0.717) is 18.7 Å². The van der Waals surface area contributed by atoms with Gasteiger partial charge >= 0.3 is 0 Å². The SMILES string of the molecule is Fc1cccc(F)c1C1=NOC(CN2CCN(c3ncnc4ccsc34)CC2)C1. The Bertz CT molecular complexity index is 1040. The van der Waals surface area contributed by atoms with Gasteiger partial charge in [0.15, 0.2) is 0 Å². The Morgan fingerprint density at radius 1 is 1.07 bits per heavy atom. The summed E-state index contributed by atoms with van der Waals surface area (Å²) in [5.74, 6) is -0.222. The normalized spacial score (nSPS) is 20.1. The minimum absolute atomic E-state index is 0.0801. The van der Waals surface area contributed by atoms with Crippen LogP contribution in [0.15, 0.2) is 41.1 Å². The third kappa shape index (κ3) is 3.56. The Morgan fingerprint density at radius 3 is 2.66 bits per heavy atom. The molecule has 1 fully saturated rings. The van der Waals surface area contributed by atoms with Crippen LogP contribution < -0.4 is 4.90 Å². The van der Waals surface area contributed by atoms with Crippen LogP contribution in [0.2, 0.25) is 0 Å². The van der Waals surface area contributed by atoms with Gasteiger partial charge in [0.05, 0.1) is 21.5 Å². The molecule has 2 aliphatic heterocycles. The smallest absolute Gasteiger partial charge is 0.150 e. The van der Waals surface area contributed by atoms with Gasteiger partial charge in [-0.2, -0.15) is 0 Å². The van der Waals surface area contributed by atoms with Gasteiger partial charge in [0, 0.05) is 39.1 Å². The average molecular weight is 415 g/mol. The summed E-state index contributed by atoms with van der Waals surface area (Å²) >= 11 is 1.66. The number of nitrogens with zero attached hydrogens (tertiary/aromatic N) is 5. The molecule has 0 amide bonds. The average Bonchev–Trinajstić information content (AvgIpc) is 3.38. The molecule has 5 rings (SSSR count). The molecule has 29 heavy (non-hydrogen) atoms. The third-order valence-electron chi connectivity index (χ3n) is 5.34. The zero-order valence-corrected chi connectivity index (χ0v) is 16.4. The van der Waals surface area contributed by atoms with Crippen molar-refractivity contribution in [2.75, 3.05) is 37.6 Å². The molecule has 1 saturated heterocycles. The largest absolute Gasteiger partial charge is 0.390 e. The van der Waals surface area contributed by atoms with Crippen LogP contribution in [0.25, 0.3) is 10.2 Å². The van der Waals surface area contributed by atoms with Gasteiger partial charge in [0.25, 0.3) is 0 Å². The Labute approximate surface area is 170 Å². The number of halogens is 2. The van der Waals surface area contributed by atoms with Gasteiger partial charge in [-0.15, -0.1) is 11.3 Å². The molecule has 3 aromatic rings. The fourth-order valence-electron chi connectivity index (χ4n) is 3.88. The molecule has 1 aromatic carbocycles. The first-order chi connectivity index (χ1) is 14.2. The van der Waals surface area contributed by atoms with Crippen molar-refractivity contribution in [2.24, 2.45) is 5.16 Å². The number of oxime groups is 1. The topological polar surface area (TPSA) is 53.9 Å². The minimum Gasteiger partial charge on any atom is -0.390 e. The first-order valence-corrected chi connectivity index (χ1v) is 10.4. The summed E-state index contributed by atoms with van der Waals surface area (Å²) in [6.45, 7) is 4.11. The predicted molar refractivity (Wildman–Crippen MR) is 108 cm³/mol.